The molecule has 0 fully saturated rings. The van der Waals surface area contributed by atoms with Crippen molar-refractivity contribution in [1.82, 2.24) is 9.03 Å². The molecule has 0 unspecified atom stereocenters. The Morgan fingerprint density at radius 3 is 2.57 bits per heavy atom. The summed E-state index contributed by atoms with van der Waals surface area (Å²) in [5.74, 6) is 0. The summed E-state index contributed by atoms with van der Waals surface area (Å²) in [5, 5.41) is 8.32. The van der Waals surface area contributed by atoms with Crippen molar-refractivity contribution in [2.45, 2.75) is 6.92 Å². The molecular weight excluding hydrogens is 210 g/mol. The van der Waals surface area contributed by atoms with Crippen molar-refractivity contribution in [2.75, 3.05) is 20.2 Å². The van der Waals surface area contributed by atoms with Crippen molar-refractivity contribution in [3.8, 4) is 6.07 Å². The molecule has 0 aliphatic rings. The van der Waals surface area contributed by atoms with E-state index in [2.05, 4.69) is 4.74 Å². The lowest BCUT2D eigenvalue weighted by molar-refractivity contribution is 0.177. The molecule has 0 rings (SSSR count). The predicted octanol–water partition coefficient (Wildman–Crippen LogP) is -0.567. The highest BCUT2D eigenvalue weighted by Gasteiger charge is 2.22. The minimum absolute atomic E-state index is 0.0971. The molecule has 0 saturated carbocycles. The highest BCUT2D eigenvalue weighted by Crippen LogP contribution is 1.96. The number of amides is 1. The van der Waals surface area contributed by atoms with Gasteiger partial charge in [-0.05, 0) is 0 Å². The van der Waals surface area contributed by atoms with E-state index in [4.69, 9.17) is 5.26 Å². The molecule has 7 nitrogen and oxygen atoms in total. The molecule has 80 valence electrons. The molecule has 0 atom stereocenters. The van der Waals surface area contributed by atoms with Crippen LogP contribution in [0.1, 0.15) is 6.92 Å². The van der Waals surface area contributed by atoms with Crippen LogP contribution in [-0.2, 0) is 14.9 Å². The van der Waals surface area contributed by atoms with Crippen molar-refractivity contribution in [1.29, 1.82) is 5.26 Å². The molecule has 1 amide bonds. The zero-order chi connectivity index (χ0) is 11.2. The zero-order valence-electron chi connectivity index (χ0n) is 7.85. The minimum Gasteiger partial charge on any atom is -0.452 e. The fraction of sp³-hybridized carbons (Fsp3) is 0.667. The van der Waals surface area contributed by atoms with Crippen LogP contribution in [0.5, 0.6) is 0 Å². The molecule has 0 heterocycles. The van der Waals surface area contributed by atoms with Crippen molar-refractivity contribution >= 4 is 16.3 Å². The van der Waals surface area contributed by atoms with Crippen LogP contribution in [0, 0.1) is 11.3 Å². The first-order chi connectivity index (χ1) is 6.47. The third kappa shape index (κ3) is 3.59. The Hall–Kier alpha value is -1.33. The largest absolute Gasteiger partial charge is 0.452 e. The summed E-state index contributed by atoms with van der Waals surface area (Å²) in [6, 6.07) is 1.67. The number of nitrogens with one attached hydrogen (secondary N) is 1. The van der Waals surface area contributed by atoms with Gasteiger partial charge in [-0.3, -0.25) is 0 Å². The van der Waals surface area contributed by atoms with Crippen LogP contribution in [0.2, 0.25) is 0 Å². The van der Waals surface area contributed by atoms with Crippen molar-refractivity contribution in [2.24, 2.45) is 0 Å². The van der Waals surface area contributed by atoms with Crippen molar-refractivity contribution in [3.05, 3.63) is 0 Å². The van der Waals surface area contributed by atoms with Crippen LogP contribution in [0.15, 0.2) is 0 Å². The second kappa shape index (κ2) is 5.41. The van der Waals surface area contributed by atoms with Crippen LogP contribution in [-0.4, -0.2) is 39.0 Å². The van der Waals surface area contributed by atoms with Crippen LogP contribution >= 0.6 is 0 Å². The van der Waals surface area contributed by atoms with Gasteiger partial charge in [0.1, 0.15) is 6.54 Å². The number of nitrogens with zero attached hydrogens (tertiary/aromatic N) is 2. The average molecular weight is 221 g/mol. The molecule has 1 N–H and O–H groups in total. The predicted molar refractivity (Wildman–Crippen MR) is 47.3 cm³/mol. The number of hydrogen-bond donors (Lipinski definition) is 1. The van der Waals surface area contributed by atoms with Gasteiger partial charge in [-0.25, -0.2) is 9.52 Å². The summed E-state index contributed by atoms with van der Waals surface area (Å²) >= 11 is 0. The normalized spacial score (nSPS) is 10.7. The average Bonchev–Trinajstić information content (AvgIpc) is 2.12. The maximum absolute atomic E-state index is 11.3. The van der Waals surface area contributed by atoms with Crippen LogP contribution < -0.4 is 4.72 Å². The molecule has 0 aromatic heterocycles. The lowest BCUT2D eigenvalue weighted by atomic mass is 10.6. The van der Waals surface area contributed by atoms with Crippen LogP contribution in [0.3, 0.4) is 0 Å². The molecule has 8 heteroatoms. The second-order valence-corrected chi connectivity index (χ2v) is 3.85. The Balaban J connectivity index is 4.59. The van der Waals surface area contributed by atoms with Crippen molar-refractivity contribution in [3.63, 3.8) is 0 Å². The summed E-state index contributed by atoms with van der Waals surface area (Å²) in [6.45, 7) is 1.33. The van der Waals surface area contributed by atoms with E-state index in [0.717, 1.165) is 11.4 Å². The van der Waals surface area contributed by atoms with Gasteiger partial charge < -0.3 is 4.74 Å². The van der Waals surface area contributed by atoms with Gasteiger partial charge in [-0.2, -0.15) is 18.0 Å². The molecule has 0 saturated heterocycles. The summed E-state index contributed by atoms with van der Waals surface area (Å²) in [6.07, 6.45) is -1.08. The standard InChI is InChI=1S/C6H11N3O4S/c1-3-9(5-4-7)14(11,12)8-6(10)13-2/h3,5H2,1-2H3,(H,8,10). The Bertz CT molecular complexity index is 331. The number of carbonyl (C=O) groups excluding carboxylic acids is 1. The zero-order valence-corrected chi connectivity index (χ0v) is 8.67. The first-order valence-electron chi connectivity index (χ1n) is 3.70. The lowest BCUT2D eigenvalue weighted by Gasteiger charge is -2.16. The van der Waals surface area contributed by atoms with Crippen LogP contribution in [0.4, 0.5) is 4.79 Å². The first-order valence-corrected chi connectivity index (χ1v) is 5.14. The number of rotatable bonds is 4. The van der Waals surface area contributed by atoms with Gasteiger partial charge in [0.25, 0.3) is 0 Å². The Morgan fingerprint density at radius 2 is 2.21 bits per heavy atom. The van der Waals surface area contributed by atoms with E-state index in [1.807, 2.05) is 0 Å². The van der Waals surface area contributed by atoms with E-state index in [-0.39, 0.29) is 13.1 Å². The highest BCUT2D eigenvalue weighted by molar-refractivity contribution is 7.87. The maximum atomic E-state index is 11.3. The van der Waals surface area contributed by atoms with Gasteiger partial charge in [-0.15, -0.1) is 0 Å². The maximum Gasteiger partial charge on any atom is 0.421 e. The van der Waals surface area contributed by atoms with E-state index in [1.54, 1.807) is 17.7 Å². The fourth-order valence-electron chi connectivity index (χ4n) is 0.657. The Kier molecular flexibility index (Phi) is 4.90. The Morgan fingerprint density at radius 1 is 1.64 bits per heavy atom. The first kappa shape index (κ1) is 12.7. The molecule has 0 spiro atoms. The molecule has 0 radical (unpaired) electrons. The second-order valence-electron chi connectivity index (χ2n) is 2.18. The number of carbonyl (C=O) groups is 1. The van der Waals surface area contributed by atoms with E-state index < -0.39 is 16.3 Å². The summed E-state index contributed by atoms with van der Waals surface area (Å²) in [5.41, 5.74) is 0. The van der Waals surface area contributed by atoms with Gasteiger partial charge in [0.05, 0.1) is 13.2 Å². The van der Waals surface area contributed by atoms with E-state index in [1.165, 1.54) is 0 Å². The molecule has 0 aliphatic carbocycles. The molecule has 14 heavy (non-hydrogen) atoms. The monoisotopic (exact) mass is 221 g/mol. The molecule has 0 aromatic carbocycles. The molecule has 0 bridgehead atoms. The van der Waals surface area contributed by atoms with Crippen molar-refractivity contribution < 1.29 is 17.9 Å². The van der Waals surface area contributed by atoms with Gasteiger partial charge in [-0.1, -0.05) is 6.92 Å². The van der Waals surface area contributed by atoms with E-state index in [0.29, 0.717) is 0 Å². The summed E-state index contributed by atoms with van der Waals surface area (Å²) in [7, 11) is -2.91. The van der Waals surface area contributed by atoms with Gasteiger partial charge in [0, 0.05) is 6.54 Å². The fourth-order valence-corrected chi connectivity index (χ4v) is 1.65. The third-order valence-corrected chi connectivity index (χ3v) is 2.83. The highest BCUT2D eigenvalue weighted by atomic mass is 32.2. The number of hydrogen-bond acceptors (Lipinski definition) is 5. The molecule has 0 aromatic rings. The Labute approximate surface area is 82.4 Å². The van der Waals surface area contributed by atoms with E-state index in [9.17, 15) is 13.2 Å². The topological polar surface area (TPSA) is 99.5 Å². The SMILES string of the molecule is CCN(CC#N)S(=O)(=O)NC(=O)OC. The molecular formula is C6H11N3O4S. The summed E-state index contributed by atoms with van der Waals surface area (Å²) < 4.78 is 29.1. The number of nitriles is 1. The molecule has 0 aliphatic heterocycles. The summed E-state index contributed by atoms with van der Waals surface area (Å²) in [4.78, 5) is 10.6. The lowest BCUT2D eigenvalue weighted by Crippen LogP contribution is -2.43. The minimum atomic E-state index is -3.96. The van der Waals surface area contributed by atoms with Gasteiger partial charge in [0.2, 0.25) is 0 Å². The number of methoxy groups -OCH3 is 1. The van der Waals surface area contributed by atoms with Crippen LogP contribution in [0.25, 0.3) is 0 Å². The third-order valence-electron chi connectivity index (χ3n) is 1.34. The van der Waals surface area contributed by atoms with Gasteiger partial charge in [0.15, 0.2) is 0 Å². The quantitative estimate of drug-likeness (QED) is 0.641. The smallest absolute Gasteiger partial charge is 0.421 e. The number of ether oxygens (including phenoxy) is 1. The van der Waals surface area contributed by atoms with Gasteiger partial charge >= 0.3 is 16.3 Å². The van der Waals surface area contributed by atoms with E-state index >= 15 is 0 Å².